The van der Waals surface area contributed by atoms with E-state index in [0.717, 1.165) is 16.7 Å². The summed E-state index contributed by atoms with van der Waals surface area (Å²) in [5, 5.41) is 4.04. The normalized spacial score (nSPS) is 28.0. The fourth-order valence-electron chi connectivity index (χ4n) is 4.37. The summed E-state index contributed by atoms with van der Waals surface area (Å²) in [5.74, 6) is 0. The van der Waals surface area contributed by atoms with Crippen molar-refractivity contribution in [3.05, 3.63) is 118 Å². The second kappa shape index (κ2) is 11.5. The van der Waals surface area contributed by atoms with Crippen LogP contribution in [0.15, 0.2) is 96.1 Å². The Bertz CT molecular complexity index is 1110. The summed E-state index contributed by atoms with van der Waals surface area (Å²) in [6.07, 6.45) is -2.93. The fraction of sp³-hybridized carbons (Fsp3) is 0.333. The molecule has 2 aliphatic rings. The van der Waals surface area contributed by atoms with Crippen molar-refractivity contribution in [1.29, 1.82) is 0 Å². The lowest BCUT2D eigenvalue weighted by Crippen LogP contribution is -2.62. The minimum absolute atomic E-state index is 0.295. The van der Waals surface area contributed by atoms with Gasteiger partial charge in [0.1, 0.15) is 24.4 Å². The van der Waals surface area contributed by atoms with E-state index in [9.17, 15) is 5.53 Å². The number of rotatable bonds is 8. The van der Waals surface area contributed by atoms with E-state index in [-0.39, 0.29) is 0 Å². The predicted octanol–water partition coefficient (Wildman–Crippen LogP) is 5.31. The second-order valence-corrected chi connectivity index (χ2v) is 8.47. The van der Waals surface area contributed by atoms with E-state index in [0.29, 0.717) is 19.8 Å². The van der Waals surface area contributed by atoms with Crippen molar-refractivity contribution in [1.82, 2.24) is 0 Å². The Morgan fingerprint density at radius 3 is 2.03 bits per heavy atom. The molecule has 0 bridgehead atoms. The Hall–Kier alpha value is -3.23. The van der Waals surface area contributed by atoms with Gasteiger partial charge >= 0.3 is 0 Å². The molecule has 2 fully saturated rings. The van der Waals surface area contributed by atoms with Crippen LogP contribution >= 0.6 is 0 Å². The molecule has 3 aromatic carbocycles. The Balaban J connectivity index is 1.39. The van der Waals surface area contributed by atoms with Gasteiger partial charge in [-0.05, 0) is 16.7 Å². The van der Waals surface area contributed by atoms with Crippen LogP contribution in [0.1, 0.15) is 23.0 Å². The number of hydrogen-bond acceptors (Lipinski definition) is 6. The van der Waals surface area contributed by atoms with E-state index < -0.39 is 36.9 Å². The van der Waals surface area contributed by atoms with Gasteiger partial charge in [0.25, 0.3) is 0 Å². The topological polar surface area (TPSA) is 94.9 Å². The van der Waals surface area contributed by atoms with E-state index in [2.05, 4.69) is 10.0 Å². The zero-order valence-electron chi connectivity index (χ0n) is 19.1. The van der Waals surface area contributed by atoms with Gasteiger partial charge in [-0.3, -0.25) is 0 Å². The summed E-state index contributed by atoms with van der Waals surface area (Å²) in [4.78, 5) is 3.08. The first-order valence-electron chi connectivity index (χ1n) is 11.6. The SMILES string of the molecule is [N-]=[N+]=N[C@@H]1[C@H](OCc2ccccc2)O[C@@H]2COC(c3ccccc3)O[C@H]2[C@@H]1OCc1ccccc1. The number of hydrogen-bond donors (Lipinski definition) is 0. The van der Waals surface area contributed by atoms with Gasteiger partial charge in [0.05, 0.1) is 19.8 Å². The molecule has 8 heteroatoms. The van der Waals surface area contributed by atoms with Crippen LogP contribution < -0.4 is 0 Å². The minimum atomic E-state index is -0.811. The average Bonchev–Trinajstić information content (AvgIpc) is 2.93. The van der Waals surface area contributed by atoms with Crippen molar-refractivity contribution in [2.75, 3.05) is 6.61 Å². The van der Waals surface area contributed by atoms with Crippen LogP contribution in [0.2, 0.25) is 0 Å². The zero-order chi connectivity index (χ0) is 23.9. The van der Waals surface area contributed by atoms with Gasteiger partial charge in [-0.2, -0.15) is 0 Å². The maximum absolute atomic E-state index is 9.38. The van der Waals surface area contributed by atoms with Gasteiger partial charge in [-0.25, -0.2) is 0 Å². The molecule has 2 aliphatic heterocycles. The maximum atomic E-state index is 9.38. The molecular weight excluding hydrogens is 446 g/mol. The third-order valence-electron chi connectivity index (χ3n) is 6.11. The molecule has 180 valence electrons. The summed E-state index contributed by atoms with van der Waals surface area (Å²) in [7, 11) is 0. The summed E-state index contributed by atoms with van der Waals surface area (Å²) >= 11 is 0. The van der Waals surface area contributed by atoms with Gasteiger partial charge in [-0.15, -0.1) is 0 Å². The molecule has 5 rings (SSSR count). The number of fused-ring (bicyclic) bond motifs is 1. The molecule has 3 aromatic rings. The van der Waals surface area contributed by atoms with Crippen LogP contribution in [-0.4, -0.2) is 37.3 Å². The molecule has 35 heavy (non-hydrogen) atoms. The first-order chi connectivity index (χ1) is 17.3. The highest BCUT2D eigenvalue weighted by Gasteiger charge is 2.51. The third-order valence-corrected chi connectivity index (χ3v) is 6.11. The van der Waals surface area contributed by atoms with Crippen LogP contribution in [0.4, 0.5) is 0 Å². The van der Waals surface area contributed by atoms with Gasteiger partial charge in [0.15, 0.2) is 12.6 Å². The van der Waals surface area contributed by atoms with E-state index in [1.165, 1.54) is 0 Å². The van der Waals surface area contributed by atoms with Crippen molar-refractivity contribution >= 4 is 0 Å². The van der Waals surface area contributed by atoms with E-state index in [4.69, 9.17) is 23.7 Å². The van der Waals surface area contributed by atoms with E-state index >= 15 is 0 Å². The number of azide groups is 1. The van der Waals surface area contributed by atoms with E-state index in [1.807, 2.05) is 91.0 Å². The second-order valence-electron chi connectivity index (χ2n) is 8.47. The van der Waals surface area contributed by atoms with Gasteiger partial charge < -0.3 is 23.7 Å². The molecule has 8 nitrogen and oxygen atoms in total. The summed E-state index contributed by atoms with van der Waals surface area (Å²) in [5.41, 5.74) is 12.3. The van der Waals surface area contributed by atoms with Crippen LogP contribution in [0.3, 0.4) is 0 Å². The number of nitrogens with zero attached hydrogens (tertiary/aromatic N) is 3. The largest absolute Gasteiger partial charge is 0.370 e. The first kappa shape index (κ1) is 23.5. The Labute approximate surface area is 204 Å². The highest BCUT2D eigenvalue weighted by Crippen LogP contribution is 2.37. The zero-order valence-corrected chi connectivity index (χ0v) is 19.1. The van der Waals surface area contributed by atoms with Crippen molar-refractivity contribution in [3.63, 3.8) is 0 Å². The molecule has 0 spiro atoms. The lowest BCUT2D eigenvalue weighted by molar-refractivity contribution is -0.348. The molecule has 2 saturated heterocycles. The third kappa shape index (κ3) is 5.71. The molecule has 6 atom stereocenters. The standard InChI is InChI=1S/C27H27N3O5/c28-30-29-23-25(31-16-19-10-4-1-5-11-19)24-22(18-33-26(35-24)21-14-8-3-9-15-21)34-27(23)32-17-20-12-6-2-7-13-20/h1-15,22-27H,16-18H2/t22-,23+,24-,25-,26?,27-/m1/s1. The molecule has 0 aliphatic carbocycles. The summed E-state index contributed by atoms with van der Waals surface area (Å²) in [6.45, 7) is 0.932. The van der Waals surface area contributed by atoms with Crippen molar-refractivity contribution in [3.8, 4) is 0 Å². The van der Waals surface area contributed by atoms with Gasteiger partial charge in [0, 0.05) is 10.5 Å². The van der Waals surface area contributed by atoms with Gasteiger partial charge in [-0.1, -0.05) is 96.1 Å². The van der Waals surface area contributed by atoms with Crippen LogP contribution in [-0.2, 0) is 36.9 Å². The maximum Gasteiger partial charge on any atom is 0.184 e. The molecule has 0 aromatic heterocycles. The Morgan fingerprint density at radius 2 is 1.40 bits per heavy atom. The predicted molar refractivity (Wildman–Crippen MR) is 128 cm³/mol. The highest BCUT2D eigenvalue weighted by atomic mass is 16.7. The molecule has 1 unspecified atom stereocenters. The molecule has 0 N–H and O–H groups in total. The Morgan fingerprint density at radius 1 is 0.800 bits per heavy atom. The van der Waals surface area contributed by atoms with E-state index in [1.54, 1.807) is 0 Å². The Kier molecular flexibility index (Phi) is 7.70. The average molecular weight is 474 g/mol. The van der Waals surface area contributed by atoms with Crippen molar-refractivity contribution in [2.45, 2.75) is 50.1 Å². The molecule has 0 saturated carbocycles. The number of ether oxygens (including phenoxy) is 5. The van der Waals surface area contributed by atoms with Crippen LogP contribution in [0.5, 0.6) is 0 Å². The van der Waals surface area contributed by atoms with Crippen LogP contribution in [0.25, 0.3) is 10.4 Å². The summed E-state index contributed by atoms with van der Waals surface area (Å²) in [6, 6.07) is 28.6. The van der Waals surface area contributed by atoms with Crippen molar-refractivity contribution < 1.29 is 23.7 Å². The quantitative estimate of drug-likeness (QED) is 0.251. The number of benzene rings is 3. The fourth-order valence-corrected chi connectivity index (χ4v) is 4.37. The van der Waals surface area contributed by atoms with Crippen molar-refractivity contribution in [2.24, 2.45) is 5.11 Å². The molecule has 2 heterocycles. The lowest BCUT2D eigenvalue weighted by Gasteiger charge is -2.48. The first-order valence-corrected chi connectivity index (χ1v) is 11.6. The smallest absolute Gasteiger partial charge is 0.184 e. The van der Waals surface area contributed by atoms with Gasteiger partial charge in [0.2, 0.25) is 0 Å². The highest BCUT2D eigenvalue weighted by molar-refractivity contribution is 5.17. The minimum Gasteiger partial charge on any atom is -0.370 e. The van der Waals surface area contributed by atoms with Crippen LogP contribution in [0, 0.1) is 0 Å². The monoisotopic (exact) mass is 473 g/mol. The summed E-state index contributed by atoms with van der Waals surface area (Å²) < 4.78 is 31.0. The molecule has 0 radical (unpaired) electrons. The lowest BCUT2D eigenvalue weighted by atomic mass is 9.96. The molecule has 0 amide bonds. The molecular formula is C27H27N3O5.